The summed E-state index contributed by atoms with van der Waals surface area (Å²) in [5, 5.41) is 21.7. The van der Waals surface area contributed by atoms with E-state index in [0.717, 1.165) is 0 Å². The van der Waals surface area contributed by atoms with E-state index >= 15 is 0 Å². The molecule has 0 heterocycles. The van der Waals surface area contributed by atoms with Crippen LogP contribution in [0.1, 0.15) is 79.6 Å². The summed E-state index contributed by atoms with van der Waals surface area (Å²) in [6.45, 7) is 10.7. The predicted molar refractivity (Wildman–Crippen MR) is 100 cm³/mol. The SMILES string of the molecule is CCC[CH2][Sn]([CH2]CCC)([CH2]CCC)[C@@H]1[C@H](O)C[C@]1(O)OC(C)C. The average molecular weight is 435 g/mol. The van der Waals surface area contributed by atoms with Gasteiger partial charge in [0.1, 0.15) is 0 Å². The van der Waals surface area contributed by atoms with Gasteiger partial charge in [-0.1, -0.05) is 0 Å². The monoisotopic (exact) mass is 436 g/mol. The van der Waals surface area contributed by atoms with Gasteiger partial charge in [0.15, 0.2) is 0 Å². The molecule has 3 nitrogen and oxygen atoms in total. The standard InChI is InChI=1S/C7H13O3.3C4H9.Sn/c1-5(2)10-7(9)3-6(8)4-7;3*1-3-4-2;/h3,5-6,8-9H,4H2,1-2H3;3*1,3-4H2,2H3;/t6-,7+;;;;/m0..../s1. The van der Waals surface area contributed by atoms with Crippen molar-refractivity contribution < 1.29 is 14.9 Å². The summed E-state index contributed by atoms with van der Waals surface area (Å²) in [7, 11) is 0. The number of aliphatic hydroxyl groups is 2. The van der Waals surface area contributed by atoms with Crippen LogP contribution in [-0.4, -0.2) is 46.6 Å². The van der Waals surface area contributed by atoms with E-state index in [2.05, 4.69) is 20.8 Å². The van der Waals surface area contributed by atoms with Crippen molar-refractivity contribution in [1.29, 1.82) is 0 Å². The van der Waals surface area contributed by atoms with E-state index in [1.807, 2.05) is 13.8 Å². The second-order valence-corrected chi connectivity index (χ2v) is 21.8. The van der Waals surface area contributed by atoms with E-state index in [-0.39, 0.29) is 16.1 Å². The molecule has 4 heteroatoms. The van der Waals surface area contributed by atoms with Crippen LogP contribution in [0.3, 0.4) is 0 Å². The predicted octanol–water partition coefficient (Wildman–Crippen LogP) is 5.08. The first-order valence-corrected chi connectivity index (χ1v) is 17.6. The van der Waals surface area contributed by atoms with Gasteiger partial charge in [-0.25, -0.2) is 0 Å². The Morgan fingerprint density at radius 1 is 1.00 bits per heavy atom. The fourth-order valence-corrected chi connectivity index (χ4v) is 24.3. The van der Waals surface area contributed by atoms with Gasteiger partial charge in [0.05, 0.1) is 0 Å². The molecule has 0 spiro atoms. The Kier molecular flexibility index (Phi) is 9.43. The molecule has 1 aliphatic rings. The Morgan fingerprint density at radius 3 is 1.74 bits per heavy atom. The Balaban J connectivity index is 3.05. The van der Waals surface area contributed by atoms with Gasteiger partial charge < -0.3 is 0 Å². The minimum atomic E-state index is -2.68. The van der Waals surface area contributed by atoms with Crippen LogP contribution in [0, 0.1) is 0 Å². The summed E-state index contributed by atoms with van der Waals surface area (Å²) in [5.74, 6) is -1.04. The van der Waals surface area contributed by atoms with Crippen LogP contribution < -0.4 is 0 Å². The van der Waals surface area contributed by atoms with Crippen molar-refractivity contribution in [3.05, 3.63) is 0 Å². The second kappa shape index (κ2) is 9.98. The fraction of sp³-hybridized carbons (Fsp3) is 1.00. The zero-order valence-electron chi connectivity index (χ0n) is 16.1. The van der Waals surface area contributed by atoms with Gasteiger partial charge in [-0.15, -0.1) is 0 Å². The molecule has 1 fully saturated rings. The summed E-state index contributed by atoms with van der Waals surface area (Å²) in [4.78, 5) is 0. The topological polar surface area (TPSA) is 49.7 Å². The van der Waals surface area contributed by atoms with Crippen molar-refractivity contribution in [2.75, 3.05) is 0 Å². The molecule has 1 saturated carbocycles. The molecule has 0 amide bonds. The molecular formula is C19H40O3Sn. The molecule has 0 radical (unpaired) electrons. The molecule has 0 aromatic heterocycles. The number of rotatable bonds is 12. The zero-order valence-corrected chi connectivity index (χ0v) is 19.0. The van der Waals surface area contributed by atoms with Crippen molar-refractivity contribution in [3.8, 4) is 0 Å². The number of hydrogen-bond donors (Lipinski definition) is 2. The van der Waals surface area contributed by atoms with Gasteiger partial charge in [0.25, 0.3) is 0 Å². The van der Waals surface area contributed by atoms with Gasteiger partial charge in [-0.2, -0.15) is 0 Å². The van der Waals surface area contributed by atoms with Gasteiger partial charge in [-0.3, -0.25) is 0 Å². The van der Waals surface area contributed by atoms with Crippen LogP contribution in [0.4, 0.5) is 0 Å². The van der Waals surface area contributed by atoms with Crippen LogP contribution in [0.25, 0.3) is 0 Å². The van der Waals surface area contributed by atoms with Crippen LogP contribution in [-0.2, 0) is 4.74 Å². The van der Waals surface area contributed by atoms with Crippen molar-refractivity contribution in [2.24, 2.45) is 0 Å². The Morgan fingerprint density at radius 2 is 1.43 bits per heavy atom. The second-order valence-electron chi connectivity index (χ2n) is 7.93. The minimum absolute atomic E-state index is 0.0162. The van der Waals surface area contributed by atoms with Crippen molar-refractivity contribution >= 4 is 18.4 Å². The van der Waals surface area contributed by atoms with Crippen molar-refractivity contribution in [3.63, 3.8) is 0 Å². The Labute approximate surface area is 148 Å². The van der Waals surface area contributed by atoms with Crippen LogP contribution >= 0.6 is 0 Å². The Bertz CT molecular complexity index is 313. The van der Waals surface area contributed by atoms with E-state index in [0.29, 0.717) is 6.42 Å². The summed E-state index contributed by atoms with van der Waals surface area (Å²) >= 11 is -2.68. The quantitative estimate of drug-likeness (QED) is 0.332. The van der Waals surface area contributed by atoms with Gasteiger partial charge in [-0.05, 0) is 0 Å². The molecule has 3 atom stereocenters. The third kappa shape index (κ3) is 5.58. The van der Waals surface area contributed by atoms with E-state index in [9.17, 15) is 10.2 Å². The molecule has 138 valence electrons. The first-order chi connectivity index (χ1) is 10.8. The van der Waals surface area contributed by atoms with Crippen molar-refractivity contribution in [2.45, 2.75) is 115 Å². The molecule has 0 saturated heterocycles. The first-order valence-electron chi connectivity index (χ1n) is 9.93. The van der Waals surface area contributed by atoms with E-state index < -0.39 is 24.2 Å². The summed E-state index contributed by atoms with van der Waals surface area (Å²) in [6, 6.07) is 0. The first kappa shape index (κ1) is 21.7. The zero-order chi connectivity index (χ0) is 17.5. The van der Waals surface area contributed by atoms with Crippen LogP contribution in [0.15, 0.2) is 0 Å². The van der Waals surface area contributed by atoms with Crippen LogP contribution in [0.2, 0.25) is 17.2 Å². The molecule has 0 bridgehead atoms. The number of aliphatic hydroxyl groups excluding tert-OH is 1. The molecule has 0 unspecified atom stereocenters. The maximum atomic E-state index is 11.1. The van der Waals surface area contributed by atoms with E-state index in [1.54, 1.807) is 0 Å². The maximum absolute atomic E-state index is 11.1. The number of unbranched alkanes of at least 4 members (excludes halogenated alkanes) is 3. The normalized spacial score (nSPS) is 28.2. The molecule has 2 N–H and O–H groups in total. The molecule has 0 aromatic rings. The molecule has 0 aliphatic heterocycles. The van der Waals surface area contributed by atoms with Crippen molar-refractivity contribution in [1.82, 2.24) is 0 Å². The summed E-state index contributed by atoms with van der Waals surface area (Å²) in [5.41, 5.74) is 0. The Hall–Kier alpha value is 0.679. The van der Waals surface area contributed by atoms with Gasteiger partial charge >= 0.3 is 148 Å². The third-order valence-electron chi connectivity index (χ3n) is 5.56. The number of hydrogen-bond acceptors (Lipinski definition) is 3. The molecule has 1 rings (SSSR count). The van der Waals surface area contributed by atoms with Gasteiger partial charge in [0, 0.05) is 0 Å². The number of ether oxygens (including phenoxy) is 1. The fourth-order valence-electron chi connectivity index (χ4n) is 4.53. The summed E-state index contributed by atoms with van der Waals surface area (Å²) < 4.78 is 9.93. The van der Waals surface area contributed by atoms with Crippen LogP contribution in [0.5, 0.6) is 0 Å². The third-order valence-corrected chi connectivity index (χ3v) is 23.3. The van der Waals surface area contributed by atoms with E-state index in [1.165, 1.54) is 51.8 Å². The molecule has 23 heavy (non-hydrogen) atoms. The van der Waals surface area contributed by atoms with E-state index in [4.69, 9.17) is 4.74 Å². The molecule has 0 aromatic carbocycles. The molecular weight excluding hydrogens is 395 g/mol. The van der Waals surface area contributed by atoms with Gasteiger partial charge in [0.2, 0.25) is 0 Å². The molecule has 1 aliphatic carbocycles. The average Bonchev–Trinajstić information content (AvgIpc) is 2.47. The summed E-state index contributed by atoms with van der Waals surface area (Å²) in [6.07, 6.45) is 7.50.